The normalized spacial score (nSPS) is 19.8. The predicted molar refractivity (Wildman–Crippen MR) is 91.3 cm³/mol. The SMILES string of the molecule is COc1cc2c(cc1OC)[C@H]1C(=C2)c2ccccc2OC1(C)C. The minimum atomic E-state index is -0.314. The number of methoxy groups -OCH3 is 2. The summed E-state index contributed by atoms with van der Waals surface area (Å²) < 4.78 is 17.2. The van der Waals surface area contributed by atoms with E-state index in [1.807, 2.05) is 12.1 Å². The van der Waals surface area contributed by atoms with Crippen LogP contribution in [0.25, 0.3) is 11.6 Å². The molecule has 1 aliphatic heterocycles. The summed E-state index contributed by atoms with van der Waals surface area (Å²) in [6.07, 6.45) is 2.26. The molecule has 3 heteroatoms. The Kier molecular flexibility index (Phi) is 2.95. The van der Waals surface area contributed by atoms with Gasteiger partial charge in [0, 0.05) is 11.5 Å². The zero-order valence-electron chi connectivity index (χ0n) is 13.8. The van der Waals surface area contributed by atoms with Gasteiger partial charge in [0.2, 0.25) is 0 Å². The Hall–Kier alpha value is -2.42. The maximum atomic E-state index is 6.31. The summed E-state index contributed by atoms with van der Waals surface area (Å²) >= 11 is 0. The van der Waals surface area contributed by atoms with Crippen molar-refractivity contribution in [2.24, 2.45) is 0 Å². The fraction of sp³-hybridized carbons (Fsp3) is 0.300. The molecule has 2 aromatic rings. The van der Waals surface area contributed by atoms with E-state index < -0.39 is 0 Å². The van der Waals surface area contributed by atoms with E-state index in [2.05, 4.69) is 44.2 Å². The summed E-state index contributed by atoms with van der Waals surface area (Å²) in [6, 6.07) is 12.4. The van der Waals surface area contributed by atoms with Crippen LogP contribution in [0.15, 0.2) is 36.4 Å². The summed E-state index contributed by atoms with van der Waals surface area (Å²) in [7, 11) is 3.34. The Morgan fingerprint density at radius 1 is 1.00 bits per heavy atom. The smallest absolute Gasteiger partial charge is 0.161 e. The molecule has 0 saturated carbocycles. The molecule has 0 fully saturated rings. The molecule has 0 saturated heterocycles. The Labute approximate surface area is 136 Å². The maximum Gasteiger partial charge on any atom is 0.161 e. The molecule has 0 N–H and O–H groups in total. The molecule has 2 aromatic carbocycles. The minimum Gasteiger partial charge on any atom is -0.493 e. The van der Waals surface area contributed by atoms with Crippen LogP contribution in [0, 0.1) is 0 Å². The van der Waals surface area contributed by atoms with Crippen LogP contribution in [0.3, 0.4) is 0 Å². The molecule has 23 heavy (non-hydrogen) atoms. The number of ether oxygens (including phenoxy) is 3. The Morgan fingerprint density at radius 2 is 1.70 bits per heavy atom. The van der Waals surface area contributed by atoms with Crippen molar-refractivity contribution in [3.8, 4) is 17.2 Å². The van der Waals surface area contributed by atoms with Crippen molar-refractivity contribution in [2.75, 3.05) is 14.2 Å². The highest BCUT2D eigenvalue weighted by molar-refractivity contribution is 5.95. The van der Waals surface area contributed by atoms with Crippen LogP contribution in [-0.4, -0.2) is 19.8 Å². The highest BCUT2D eigenvalue weighted by Crippen LogP contribution is 2.55. The molecule has 0 bridgehead atoms. The summed E-state index contributed by atoms with van der Waals surface area (Å²) in [5, 5.41) is 0. The number of hydrogen-bond acceptors (Lipinski definition) is 3. The van der Waals surface area contributed by atoms with Crippen LogP contribution in [0.1, 0.15) is 36.5 Å². The van der Waals surface area contributed by atoms with E-state index in [0.717, 1.165) is 17.2 Å². The molecule has 0 unspecified atom stereocenters. The second-order valence-electron chi connectivity index (χ2n) is 6.57. The van der Waals surface area contributed by atoms with Crippen molar-refractivity contribution in [3.63, 3.8) is 0 Å². The second-order valence-corrected chi connectivity index (χ2v) is 6.57. The van der Waals surface area contributed by atoms with Gasteiger partial charge in [0.05, 0.1) is 14.2 Å². The van der Waals surface area contributed by atoms with E-state index >= 15 is 0 Å². The topological polar surface area (TPSA) is 27.7 Å². The first-order chi connectivity index (χ1) is 11.0. The van der Waals surface area contributed by atoms with Gasteiger partial charge in [-0.05, 0) is 54.8 Å². The van der Waals surface area contributed by atoms with Crippen LogP contribution in [0.5, 0.6) is 17.2 Å². The lowest BCUT2D eigenvalue weighted by molar-refractivity contribution is 0.0892. The number of para-hydroxylation sites is 1. The zero-order chi connectivity index (χ0) is 16.2. The molecule has 4 rings (SSSR count). The Morgan fingerprint density at radius 3 is 2.43 bits per heavy atom. The van der Waals surface area contributed by atoms with Crippen molar-refractivity contribution in [1.29, 1.82) is 0 Å². The molecular weight excluding hydrogens is 288 g/mol. The third-order valence-electron chi connectivity index (χ3n) is 4.79. The van der Waals surface area contributed by atoms with Gasteiger partial charge < -0.3 is 14.2 Å². The molecule has 118 valence electrons. The number of benzene rings is 2. The average molecular weight is 308 g/mol. The molecule has 0 radical (unpaired) electrons. The third-order valence-corrected chi connectivity index (χ3v) is 4.79. The van der Waals surface area contributed by atoms with Crippen molar-refractivity contribution in [2.45, 2.75) is 25.4 Å². The van der Waals surface area contributed by atoms with Crippen molar-refractivity contribution < 1.29 is 14.2 Å². The van der Waals surface area contributed by atoms with Crippen LogP contribution >= 0.6 is 0 Å². The zero-order valence-corrected chi connectivity index (χ0v) is 13.8. The summed E-state index contributed by atoms with van der Waals surface area (Å²) in [4.78, 5) is 0. The van der Waals surface area contributed by atoms with Gasteiger partial charge in [0.15, 0.2) is 11.5 Å². The van der Waals surface area contributed by atoms with Gasteiger partial charge in [0.25, 0.3) is 0 Å². The number of fused-ring (bicyclic) bond motifs is 5. The monoisotopic (exact) mass is 308 g/mol. The largest absolute Gasteiger partial charge is 0.493 e. The number of rotatable bonds is 2. The van der Waals surface area contributed by atoms with Crippen molar-refractivity contribution in [3.05, 3.63) is 53.1 Å². The highest BCUT2D eigenvalue weighted by Gasteiger charge is 2.45. The lowest BCUT2D eigenvalue weighted by atomic mass is 9.77. The van der Waals surface area contributed by atoms with Gasteiger partial charge in [-0.15, -0.1) is 0 Å². The molecule has 1 atom stereocenters. The summed E-state index contributed by atoms with van der Waals surface area (Å²) in [5.74, 6) is 2.66. The Balaban J connectivity index is 1.95. The van der Waals surface area contributed by atoms with Gasteiger partial charge in [-0.3, -0.25) is 0 Å². The van der Waals surface area contributed by atoms with E-state index in [-0.39, 0.29) is 11.5 Å². The Bertz CT molecular complexity index is 818. The van der Waals surface area contributed by atoms with E-state index in [1.165, 1.54) is 22.3 Å². The van der Waals surface area contributed by atoms with Crippen LogP contribution in [0.2, 0.25) is 0 Å². The van der Waals surface area contributed by atoms with Gasteiger partial charge in [-0.1, -0.05) is 18.2 Å². The van der Waals surface area contributed by atoms with E-state index in [0.29, 0.717) is 0 Å². The first kappa shape index (κ1) is 14.2. The van der Waals surface area contributed by atoms with E-state index in [1.54, 1.807) is 14.2 Å². The van der Waals surface area contributed by atoms with Crippen LogP contribution < -0.4 is 14.2 Å². The molecule has 0 aromatic heterocycles. The molecule has 1 heterocycles. The standard InChI is InChI=1S/C20H20O3/c1-20(2)19-14-11-18(22-4)17(21-3)10-12(14)9-15(19)13-7-5-6-8-16(13)23-20/h5-11,19H,1-4H3/t19-/m0/s1. The molecule has 3 nitrogen and oxygen atoms in total. The molecule has 0 amide bonds. The number of hydrogen-bond donors (Lipinski definition) is 0. The van der Waals surface area contributed by atoms with Gasteiger partial charge in [0.1, 0.15) is 11.4 Å². The summed E-state index contributed by atoms with van der Waals surface area (Å²) in [6.45, 7) is 4.29. The third kappa shape index (κ3) is 1.96. The fourth-order valence-electron chi connectivity index (χ4n) is 3.82. The second kappa shape index (κ2) is 4.79. The van der Waals surface area contributed by atoms with E-state index in [4.69, 9.17) is 14.2 Å². The average Bonchev–Trinajstić information content (AvgIpc) is 2.92. The van der Waals surface area contributed by atoms with Crippen molar-refractivity contribution in [1.82, 2.24) is 0 Å². The van der Waals surface area contributed by atoms with Crippen LogP contribution in [-0.2, 0) is 0 Å². The fourth-order valence-corrected chi connectivity index (χ4v) is 3.82. The van der Waals surface area contributed by atoms with E-state index in [9.17, 15) is 0 Å². The van der Waals surface area contributed by atoms with Crippen LogP contribution in [0.4, 0.5) is 0 Å². The van der Waals surface area contributed by atoms with Gasteiger partial charge in [-0.25, -0.2) is 0 Å². The summed E-state index contributed by atoms with van der Waals surface area (Å²) in [5.41, 5.74) is 4.58. The van der Waals surface area contributed by atoms with Gasteiger partial charge >= 0.3 is 0 Å². The first-order valence-corrected chi connectivity index (χ1v) is 7.81. The lowest BCUT2D eigenvalue weighted by Gasteiger charge is -2.40. The molecular formula is C20H20O3. The predicted octanol–water partition coefficient (Wildman–Crippen LogP) is 4.51. The minimum absolute atomic E-state index is 0.187. The molecule has 1 aliphatic carbocycles. The molecule has 2 aliphatic rings. The first-order valence-electron chi connectivity index (χ1n) is 7.81. The maximum absolute atomic E-state index is 6.31. The van der Waals surface area contributed by atoms with Gasteiger partial charge in [-0.2, -0.15) is 0 Å². The quantitative estimate of drug-likeness (QED) is 0.817. The van der Waals surface area contributed by atoms with Crippen molar-refractivity contribution >= 4 is 11.6 Å². The molecule has 0 spiro atoms. The lowest BCUT2D eigenvalue weighted by Crippen LogP contribution is -2.39. The highest BCUT2D eigenvalue weighted by atomic mass is 16.5.